The second kappa shape index (κ2) is 5.03. The lowest BCUT2D eigenvalue weighted by atomic mass is 10.2. The van der Waals surface area contributed by atoms with Crippen molar-refractivity contribution in [1.82, 2.24) is 5.43 Å². The predicted molar refractivity (Wildman–Crippen MR) is 68.4 cm³/mol. The third kappa shape index (κ3) is 2.75. The molecule has 0 saturated heterocycles. The topological polar surface area (TPSA) is 67.2 Å². The zero-order chi connectivity index (χ0) is 12.1. The predicted octanol–water partition coefficient (Wildman–Crippen LogP) is 2.03. The van der Waals surface area contributed by atoms with Crippen molar-refractivity contribution in [1.29, 1.82) is 0 Å². The number of hydrogen-bond donors (Lipinski definition) is 3. The smallest absolute Gasteiger partial charge is 0.271 e. The Morgan fingerprint density at radius 2 is 1.59 bits per heavy atom. The summed E-state index contributed by atoms with van der Waals surface area (Å²) in [5.74, 6) is -0.257. The molecule has 1 amide bonds. The molecule has 0 heterocycles. The first-order chi connectivity index (χ1) is 8.27. The summed E-state index contributed by atoms with van der Waals surface area (Å²) in [7, 11) is 0. The number of hydrazine groups is 1. The quantitative estimate of drug-likeness (QED) is 0.555. The van der Waals surface area contributed by atoms with Gasteiger partial charge in [0.05, 0.1) is 11.3 Å². The Labute approximate surface area is 99.4 Å². The summed E-state index contributed by atoms with van der Waals surface area (Å²) in [4.78, 5) is 11.8. The Balaban J connectivity index is 2.01. The Morgan fingerprint density at radius 1 is 0.941 bits per heavy atom. The number of benzene rings is 2. The average molecular weight is 227 g/mol. The van der Waals surface area contributed by atoms with E-state index in [0.717, 1.165) is 5.69 Å². The molecule has 4 heteroatoms. The molecule has 0 aliphatic carbocycles. The highest BCUT2D eigenvalue weighted by molar-refractivity contribution is 5.99. The first-order valence-corrected chi connectivity index (χ1v) is 5.23. The fourth-order valence-corrected chi connectivity index (χ4v) is 1.42. The number of rotatable bonds is 3. The maximum absolute atomic E-state index is 11.8. The molecule has 0 bridgehead atoms. The molecule has 0 fully saturated rings. The molecule has 0 aromatic heterocycles. The first-order valence-electron chi connectivity index (χ1n) is 5.23. The summed E-state index contributed by atoms with van der Waals surface area (Å²) in [6.45, 7) is 0. The molecule has 0 unspecified atom stereocenters. The van der Waals surface area contributed by atoms with E-state index in [0.29, 0.717) is 11.3 Å². The zero-order valence-corrected chi connectivity index (χ0v) is 9.18. The van der Waals surface area contributed by atoms with Crippen LogP contribution in [0.25, 0.3) is 0 Å². The highest BCUT2D eigenvalue weighted by Crippen LogP contribution is 2.10. The molecule has 2 aromatic rings. The van der Waals surface area contributed by atoms with E-state index in [1.54, 1.807) is 24.3 Å². The van der Waals surface area contributed by atoms with Gasteiger partial charge in [0, 0.05) is 5.69 Å². The molecule has 17 heavy (non-hydrogen) atoms. The van der Waals surface area contributed by atoms with Gasteiger partial charge < -0.3 is 5.73 Å². The molecule has 0 aliphatic heterocycles. The van der Waals surface area contributed by atoms with E-state index in [-0.39, 0.29) is 5.91 Å². The van der Waals surface area contributed by atoms with Crippen LogP contribution in [0.1, 0.15) is 10.4 Å². The first kappa shape index (κ1) is 11.0. The molecule has 0 saturated carbocycles. The van der Waals surface area contributed by atoms with Gasteiger partial charge in [0.15, 0.2) is 0 Å². The second-order valence-corrected chi connectivity index (χ2v) is 3.53. The Hall–Kier alpha value is -2.49. The maximum Gasteiger partial charge on any atom is 0.271 e. The summed E-state index contributed by atoms with van der Waals surface area (Å²) in [6.07, 6.45) is 0. The highest BCUT2D eigenvalue weighted by atomic mass is 16.2. The van der Waals surface area contributed by atoms with Crippen LogP contribution in [0.3, 0.4) is 0 Å². The van der Waals surface area contributed by atoms with Gasteiger partial charge in [-0.25, -0.2) is 0 Å². The van der Waals surface area contributed by atoms with Crippen LogP contribution in [0, 0.1) is 0 Å². The third-order valence-corrected chi connectivity index (χ3v) is 2.30. The van der Waals surface area contributed by atoms with Crippen molar-refractivity contribution in [2.45, 2.75) is 0 Å². The molecule has 0 spiro atoms. The van der Waals surface area contributed by atoms with Gasteiger partial charge in [-0.15, -0.1) is 0 Å². The van der Waals surface area contributed by atoms with Crippen molar-refractivity contribution in [3.05, 3.63) is 60.2 Å². The lowest BCUT2D eigenvalue weighted by Gasteiger charge is -2.09. The van der Waals surface area contributed by atoms with Crippen LogP contribution in [0.15, 0.2) is 54.6 Å². The van der Waals surface area contributed by atoms with Gasteiger partial charge in [-0.1, -0.05) is 30.3 Å². The average Bonchev–Trinajstić information content (AvgIpc) is 2.38. The molecule has 0 radical (unpaired) electrons. The largest absolute Gasteiger partial charge is 0.398 e. The summed E-state index contributed by atoms with van der Waals surface area (Å²) < 4.78 is 0. The van der Waals surface area contributed by atoms with E-state index >= 15 is 0 Å². The SMILES string of the molecule is Nc1ccccc1C(=O)NNc1ccccc1. The normalized spacial score (nSPS) is 9.65. The van der Waals surface area contributed by atoms with Gasteiger partial charge in [-0.05, 0) is 24.3 Å². The number of carbonyl (C=O) groups is 1. The van der Waals surface area contributed by atoms with Crippen LogP contribution in [0.5, 0.6) is 0 Å². The molecule has 0 aliphatic rings. The van der Waals surface area contributed by atoms with E-state index in [9.17, 15) is 4.79 Å². The minimum Gasteiger partial charge on any atom is -0.398 e. The van der Waals surface area contributed by atoms with Gasteiger partial charge >= 0.3 is 0 Å². The molecule has 2 rings (SSSR count). The fraction of sp³-hybridized carbons (Fsp3) is 0. The molecule has 0 atom stereocenters. The van der Waals surface area contributed by atoms with Crippen LogP contribution in [-0.2, 0) is 0 Å². The van der Waals surface area contributed by atoms with Crippen molar-refractivity contribution in [3.63, 3.8) is 0 Å². The molecule has 4 nitrogen and oxygen atoms in total. The number of para-hydroxylation sites is 2. The maximum atomic E-state index is 11.8. The van der Waals surface area contributed by atoms with Crippen LogP contribution in [-0.4, -0.2) is 5.91 Å². The molecule has 2 aromatic carbocycles. The molecular weight excluding hydrogens is 214 g/mol. The van der Waals surface area contributed by atoms with Crippen molar-refractivity contribution in [3.8, 4) is 0 Å². The number of nitrogen functional groups attached to an aromatic ring is 1. The van der Waals surface area contributed by atoms with E-state index in [1.807, 2.05) is 30.3 Å². The number of amides is 1. The lowest BCUT2D eigenvalue weighted by molar-refractivity contribution is 0.0963. The van der Waals surface area contributed by atoms with Gasteiger partial charge in [0.25, 0.3) is 5.91 Å². The number of nitrogens with two attached hydrogens (primary N) is 1. The van der Waals surface area contributed by atoms with E-state index in [2.05, 4.69) is 10.9 Å². The van der Waals surface area contributed by atoms with Crippen molar-refractivity contribution < 1.29 is 4.79 Å². The Bertz CT molecular complexity index is 511. The van der Waals surface area contributed by atoms with Gasteiger partial charge in [-0.3, -0.25) is 15.6 Å². The molecule has 86 valence electrons. The van der Waals surface area contributed by atoms with Gasteiger partial charge in [0.1, 0.15) is 0 Å². The zero-order valence-electron chi connectivity index (χ0n) is 9.18. The van der Waals surface area contributed by atoms with Crippen LogP contribution in [0.4, 0.5) is 11.4 Å². The third-order valence-electron chi connectivity index (χ3n) is 2.30. The fourth-order valence-electron chi connectivity index (χ4n) is 1.42. The number of carbonyl (C=O) groups excluding carboxylic acids is 1. The summed E-state index contributed by atoms with van der Waals surface area (Å²) >= 11 is 0. The van der Waals surface area contributed by atoms with E-state index in [4.69, 9.17) is 5.73 Å². The second-order valence-electron chi connectivity index (χ2n) is 3.53. The summed E-state index contributed by atoms with van der Waals surface area (Å²) in [5.41, 5.74) is 12.8. The van der Waals surface area contributed by atoms with Crippen LogP contribution >= 0.6 is 0 Å². The molecular formula is C13H13N3O. The minimum atomic E-state index is -0.257. The summed E-state index contributed by atoms with van der Waals surface area (Å²) in [6, 6.07) is 16.3. The van der Waals surface area contributed by atoms with Crippen LogP contribution < -0.4 is 16.6 Å². The van der Waals surface area contributed by atoms with Crippen LogP contribution in [0.2, 0.25) is 0 Å². The summed E-state index contributed by atoms with van der Waals surface area (Å²) in [5, 5.41) is 0. The minimum absolute atomic E-state index is 0.257. The highest BCUT2D eigenvalue weighted by Gasteiger charge is 2.07. The Morgan fingerprint density at radius 3 is 2.29 bits per heavy atom. The lowest BCUT2D eigenvalue weighted by Crippen LogP contribution is -2.29. The number of nitrogens with one attached hydrogen (secondary N) is 2. The van der Waals surface area contributed by atoms with Gasteiger partial charge in [0.2, 0.25) is 0 Å². The van der Waals surface area contributed by atoms with Crippen molar-refractivity contribution in [2.75, 3.05) is 11.2 Å². The van der Waals surface area contributed by atoms with Gasteiger partial charge in [-0.2, -0.15) is 0 Å². The standard InChI is InChI=1S/C13H13N3O/c14-12-9-5-4-8-11(12)13(17)16-15-10-6-2-1-3-7-10/h1-9,15H,14H2,(H,16,17). The number of anilines is 2. The Kier molecular flexibility index (Phi) is 3.25. The van der Waals surface area contributed by atoms with E-state index < -0.39 is 0 Å². The monoisotopic (exact) mass is 227 g/mol. The number of hydrogen-bond acceptors (Lipinski definition) is 3. The van der Waals surface area contributed by atoms with E-state index in [1.165, 1.54) is 0 Å². The van der Waals surface area contributed by atoms with Crippen molar-refractivity contribution in [2.24, 2.45) is 0 Å². The van der Waals surface area contributed by atoms with Crippen molar-refractivity contribution >= 4 is 17.3 Å². The molecule has 4 N–H and O–H groups in total.